The van der Waals surface area contributed by atoms with E-state index in [9.17, 15) is 4.79 Å². The van der Waals surface area contributed by atoms with Crippen molar-refractivity contribution in [3.05, 3.63) is 46.7 Å². The van der Waals surface area contributed by atoms with Crippen LogP contribution in [0.4, 0.5) is 0 Å². The van der Waals surface area contributed by atoms with Crippen molar-refractivity contribution >= 4 is 21.8 Å². The number of halogens is 1. The average molecular weight is 392 g/mol. The molecule has 2 heterocycles. The van der Waals surface area contributed by atoms with Gasteiger partial charge < -0.3 is 14.4 Å². The van der Waals surface area contributed by atoms with Crippen molar-refractivity contribution in [1.29, 1.82) is 0 Å². The quantitative estimate of drug-likeness (QED) is 0.801. The van der Waals surface area contributed by atoms with Gasteiger partial charge in [0.15, 0.2) is 0 Å². The van der Waals surface area contributed by atoms with Gasteiger partial charge >= 0.3 is 0 Å². The van der Waals surface area contributed by atoms with Gasteiger partial charge in [0.05, 0.1) is 13.7 Å². The Morgan fingerprint density at radius 2 is 1.92 bits per heavy atom. The number of benzene rings is 1. The summed E-state index contributed by atoms with van der Waals surface area (Å²) >= 11 is 3.38. The molecule has 1 unspecified atom stereocenters. The van der Waals surface area contributed by atoms with Crippen LogP contribution >= 0.6 is 15.9 Å². The molecule has 1 atom stereocenters. The number of nitrogens with zero attached hydrogens (tertiary/aromatic N) is 3. The van der Waals surface area contributed by atoms with Crippen LogP contribution in [0.5, 0.6) is 11.8 Å². The predicted molar refractivity (Wildman–Crippen MR) is 92.3 cm³/mol. The lowest BCUT2D eigenvalue weighted by atomic mass is 10.1. The van der Waals surface area contributed by atoms with Crippen LogP contribution in [0.1, 0.15) is 23.2 Å². The number of piperidine rings is 1. The minimum atomic E-state index is -0.122. The Labute approximate surface area is 148 Å². The van der Waals surface area contributed by atoms with Crippen LogP contribution in [0.3, 0.4) is 0 Å². The van der Waals surface area contributed by atoms with E-state index in [1.165, 1.54) is 7.11 Å². The third kappa shape index (κ3) is 3.84. The third-order valence-corrected chi connectivity index (χ3v) is 4.39. The first kappa shape index (κ1) is 16.7. The van der Waals surface area contributed by atoms with Crippen LogP contribution in [0, 0.1) is 0 Å². The number of hydrogen-bond donors (Lipinski definition) is 0. The van der Waals surface area contributed by atoms with Gasteiger partial charge in [0.25, 0.3) is 17.7 Å². The molecule has 1 aromatic carbocycles. The highest BCUT2D eigenvalue weighted by atomic mass is 79.9. The number of methoxy groups -OCH3 is 1. The molecule has 1 saturated heterocycles. The molecule has 1 aliphatic rings. The predicted octanol–water partition coefficient (Wildman–Crippen LogP) is 2.93. The molecule has 1 aromatic heterocycles. The van der Waals surface area contributed by atoms with Gasteiger partial charge in [-0.1, -0.05) is 15.9 Å². The normalized spacial score (nSPS) is 17.4. The monoisotopic (exact) mass is 391 g/mol. The number of amides is 1. The first-order valence-corrected chi connectivity index (χ1v) is 8.53. The minimum Gasteiger partial charge on any atom is -0.477 e. The molecule has 0 bridgehead atoms. The Kier molecular flexibility index (Phi) is 5.30. The summed E-state index contributed by atoms with van der Waals surface area (Å²) in [5.41, 5.74) is 0.677. The van der Waals surface area contributed by atoms with Crippen LogP contribution in [0.25, 0.3) is 0 Å². The molecule has 2 aromatic rings. The molecule has 0 saturated carbocycles. The van der Waals surface area contributed by atoms with Gasteiger partial charge in [-0.2, -0.15) is 0 Å². The summed E-state index contributed by atoms with van der Waals surface area (Å²) in [6.45, 7) is 1.25. The van der Waals surface area contributed by atoms with E-state index in [0.717, 1.165) is 23.9 Å². The van der Waals surface area contributed by atoms with Gasteiger partial charge in [-0.15, -0.1) is 0 Å². The summed E-state index contributed by atoms with van der Waals surface area (Å²) in [4.78, 5) is 22.7. The van der Waals surface area contributed by atoms with Crippen molar-refractivity contribution in [2.45, 2.75) is 18.9 Å². The Bertz CT molecular complexity index is 708. The standard InChI is InChI=1S/C17H18BrN3O3/c1-23-15-16(20-9-8-19-15)24-14-3-2-10-21(11-14)17(22)12-4-6-13(18)7-5-12/h4-9,14H,2-3,10-11H2,1H3. The van der Waals surface area contributed by atoms with Crippen molar-refractivity contribution in [1.82, 2.24) is 14.9 Å². The SMILES string of the molecule is COc1nccnc1OC1CCCN(C(=O)c2ccc(Br)cc2)C1. The topological polar surface area (TPSA) is 64.6 Å². The average Bonchev–Trinajstić information content (AvgIpc) is 2.62. The van der Waals surface area contributed by atoms with Crippen LogP contribution < -0.4 is 9.47 Å². The van der Waals surface area contributed by atoms with Gasteiger partial charge in [-0.05, 0) is 37.1 Å². The summed E-state index contributed by atoms with van der Waals surface area (Å²) in [6.07, 6.45) is 4.74. The van der Waals surface area contributed by atoms with Gasteiger partial charge in [-0.3, -0.25) is 4.79 Å². The first-order chi connectivity index (χ1) is 11.7. The summed E-state index contributed by atoms with van der Waals surface area (Å²) < 4.78 is 12.0. The maximum Gasteiger partial charge on any atom is 0.278 e. The number of carbonyl (C=O) groups is 1. The lowest BCUT2D eigenvalue weighted by molar-refractivity contribution is 0.0519. The minimum absolute atomic E-state index is 0.0157. The van der Waals surface area contributed by atoms with Crippen molar-refractivity contribution in [2.24, 2.45) is 0 Å². The Hall–Kier alpha value is -2.15. The molecule has 1 amide bonds. The second-order valence-corrected chi connectivity index (χ2v) is 6.43. The number of likely N-dealkylation sites (tertiary alicyclic amines) is 1. The number of aromatic nitrogens is 2. The van der Waals surface area contributed by atoms with Crippen LogP contribution in [0.2, 0.25) is 0 Å². The lowest BCUT2D eigenvalue weighted by Crippen LogP contribution is -2.44. The Balaban J connectivity index is 1.68. The zero-order chi connectivity index (χ0) is 16.9. The summed E-state index contributed by atoms with van der Waals surface area (Å²) in [7, 11) is 1.53. The highest BCUT2D eigenvalue weighted by Gasteiger charge is 2.26. The second kappa shape index (κ2) is 7.61. The second-order valence-electron chi connectivity index (χ2n) is 5.51. The fourth-order valence-electron chi connectivity index (χ4n) is 2.69. The number of hydrogen-bond acceptors (Lipinski definition) is 5. The highest BCUT2D eigenvalue weighted by Crippen LogP contribution is 2.24. The number of carbonyl (C=O) groups excluding carboxylic acids is 1. The van der Waals surface area contributed by atoms with Gasteiger partial charge in [0.2, 0.25) is 0 Å². The molecule has 0 aliphatic carbocycles. The first-order valence-electron chi connectivity index (χ1n) is 7.74. The van der Waals surface area contributed by atoms with Crippen LogP contribution in [-0.2, 0) is 0 Å². The van der Waals surface area contributed by atoms with Gasteiger partial charge in [0.1, 0.15) is 6.10 Å². The fourth-order valence-corrected chi connectivity index (χ4v) is 2.95. The Morgan fingerprint density at radius 1 is 1.21 bits per heavy atom. The van der Waals surface area contributed by atoms with E-state index in [1.54, 1.807) is 12.4 Å². The zero-order valence-corrected chi connectivity index (χ0v) is 14.9. The molecule has 3 rings (SSSR count). The summed E-state index contributed by atoms with van der Waals surface area (Å²) in [6, 6.07) is 7.39. The zero-order valence-electron chi connectivity index (χ0n) is 13.3. The largest absolute Gasteiger partial charge is 0.477 e. The van der Waals surface area contributed by atoms with E-state index in [4.69, 9.17) is 9.47 Å². The van der Waals surface area contributed by atoms with E-state index < -0.39 is 0 Å². The smallest absolute Gasteiger partial charge is 0.278 e. The molecule has 126 valence electrons. The van der Waals surface area contributed by atoms with Crippen molar-refractivity contribution in [3.8, 4) is 11.8 Å². The van der Waals surface area contributed by atoms with Crippen molar-refractivity contribution < 1.29 is 14.3 Å². The van der Waals surface area contributed by atoms with E-state index >= 15 is 0 Å². The highest BCUT2D eigenvalue weighted by molar-refractivity contribution is 9.10. The van der Waals surface area contributed by atoms with Crippen LogP contribution in [0.15, 0.2) is 41.1 Å². The Morgan fingerprint density at radius 3 is 2.62 bits per heavy atom. The molecule has 6 nitrogen and oxygen atoms in total. The molecular formula is C17H18BrN3O3. The molecule has 24 heavy (non-hydrogen) atoms. The van der Waals surface area contributed by atoms with Crippen molar-refractivity contribution in [2.75, 3.05) is 20.2 Å². The van der Waals surface area contributed by atoms with E-state index in [1.807, 2.05) is 29.2 Å². The van der Waals surface area contributed by atoms with Crippen molar-refractivity contribution in [3.63, 3.8) is 0 Å². The fraction of sp³-hybridized carbons (Fsp3) is 0.353. The molecule has 1 fully saturated rings. The number of rotatable bonds is 4. The van der Waals surface area contributed by atoms with Crippen LogP contribution in [-0.4, -0.2) is 47.1 Å². The summed E-state index contributed by atoms with van der Waals surface area (Å²) in [5, 5.41) is 0. The maximum absolute atomic E-state index is 12.6. The molecule has 0 N–H and O–H groups in total. The lowest BCUT2D eigenvalue weighted by Gasteiger charge is -2.32. The van der Waals surface area contributed by atoms with Gasteiger partial charge in [-0.25, -0.2) is 9.97 Å². The van der Waals surface area contributed by atoms with E-state index in [-0.39, 0.29) is 12.0 Å². The molecular weight excluding hydrogens is 374 g/mol. The maximum atomic E-state index is 12.6. The van der Waals surface area contributed by atoms with Gasteiger partial charge in [0, 0.05) is 29.0 Å². The molecule has 0 spiro atoms. The van der Waals surface area contributed by atoms with E-state index in [2.05, 4.69) is 25.9 Å². The summed E-state index contributed by atoms with van der Waals surface area (Å²) in [5.74, 6) is 0.735. The molecule has 7 heteroatoms. The molecule has 0 radical (unpaired) electrons. The third-order valence-electron chi connectivity index (χ3n) is 3.86. The van der Waals surface area contributed by atoms with E-state index in [0.29, 0.717) is 23.9 Å². The molecule has 1 aliphatic heterocycles. The number of ether oxygens (including phenoxy) is 2.